The van der Waals surface area contributed by atoms with Crippen molar-refractivity contribution in [2.24, 2.45) is 17.8 Å². The number of carboxylic acid groups (broad SMARTS) is 1. The average Bonchev–Trinajstić information content (AvgIpc) is 3.87. The van der Waals surface area contributed by atoms with Gasteiger partial charge in [-0.05, 0) is 88.0 Å². The van der Waals surface area contributed by atoms with Gasteiger partial charge in [0, 0.05) is 17.9 Å². The van der Waals surface area contributed by atoms with E-state index in [2.05, 4.69) is 17.2 Å². The number of nitrogens with zero attached hydrogens (tertiary/aromatic N) is 2. The fourth-order valence-electron chi connectivity index (χ4n) is 7.62. The molecule has 4 fully saturated rings. The quantitative estimate of drug-likeness (QED) is 0.242. The van der Waals surface area contributed by atoms with Crippen molar-refractivity contribution in [3.8, 4) is 11.5 Å². The van der Waals surface area contributed by atoms with Crippen molar-refractivity contribution < 1.29 is 38.5 Å². The van der Waals surface area contributed by atoms with Crippen molar-refractivity contribution in [2.75, 3.05) is 13.7 Å². The number of benzene rings is 1. The number of alkyl carbamates (subject to hydrolysis) is 1. The van der Waals surface area contributed by atoms with Gasteiger partial charge in [-0.15, -0.1) is 0 Å². The molecule has 12 nitrogen and oxygen atoms in total. The molecular weight excluding hydrogens is 664 g/mol. The van der Waals surface area contributed by atoms with E-state index < -0.39 is 47.6 Å². The van der Waals surface area contributed by atoms with Crippen LogP contribution >= 0.6 is 11.6 Å². The Morgan fingerprint density at radius 1 is 1.12 bits per heavy atom. The van der Waals surface area contributed by atoms with Gasteiger partial charge < -0.3 is 34.9 Å². The minimum atomic E-state index is -1.40. The minimum Gasteiger partial charge on any atom is -0.495 e. The zero-order valence-corrected chi connectivity index (χ0v) is 29.8. The highest BCUT2D eigenvalue weighted by Crippen LogP contribution is 2.52. The number of pyridine rings is 1. The molecule has 1 aliphatic heterocycles. The van der Waals surface area contributed by atoms with Crippen molar-refractivity contribution >= 4 is 52.5 Å². The fourth-order valence-corrected chi connectivity index (χ4v) is 7.91. The molecule has 2 aromatic rings. The standard InChI is InChI=1S/C37H45ClN4O8/c1-7-22-16-37(22,35(45)46)41-33(43)27-15-25(49-29-14-23(10-18(2)3)39-32-26(29)8-9-28(48-6)30(32)38)17-42(27)34(44)31(19(4)5)40-36(47)50-24-12-20-11-21(20)13-24/h8-10,14,20-22,24-25,27,31H,4,7,11-13,15-17H2,1-3,5-6H3,(H,40,47)(H,41,43)(H,45,46)/t20-,21+,22-,24+,25-,27+,31+,37-/m1/s1. The van der Waals surface area contributed by atoms with Crippen LogP contribution in [0.15, 0.2) is 35.9 Å². The highest BCUT2D eigenvalue weighted by molar-refractivity contribution is 6.36. The molecule has 13 heteroatoms. The molecule has 3 amide bonds. The fraction of sp³-hybridized carbons (Fsp3) is 0.541. The number of methoxy groups -OCH3 is 1. The van der Waals surface area contributed by atoms with E-state index in [4.69, 9.17) is 30.8 Å². The van der Waals surface area contributed by atoms with E-state index >= 15 is 0 Å². The summed E-state index contributed by atoms with van der Waals surface area (Å²) in [5.74, 6) is -0.413. The summed E-state index contributed by atoms with van der Waals surface area (Å²) in [6.45, 7) is 11.3. The maximum atomic E-state index is 14.3. The number of amides is 3. The van der Waals surface area contributed by atoms with E-state index in [-0.39, 0.29) is 25.0 Å². The van der Waals surface area contributed by atoms with Gasteiger partial charge >= 0.3 is 12.1 Å². The Balaban J connectivity index is 1.28. The number of fused-ring (bicyclic) bond motifs is 2. The van der Waals surface area contributed by atoms with Crippen LogP contribution in [0.25, 0.3) is 17.0 Å². The van der Waals surface area contributed by atoms with Crippen LogP contribution in [-0.4, -0.2) is 82.4 Å². The first-order valence-corrected chi connectivity index (χ1v) is 17.6. The number of nitrogens with one attached hydrogen (secondary N) is 2. The summed E-state index contributed by atoms with van der Waals surface area (Å²) in [6, 6.07) is 3.00. The van der Waals surface area contributed by atoms with Crippen LogP contribution < -0.4 is 20.1 Å². The summed E-state index contributed by atoms with van der Waals surface area (Å²) in [5.41, 5.74) is 1.01. The van der Waals surface area contributed by atoms with Gasteiger partial charge in [-0.3, -0.25) is 9.59 Å². The number of rotatable bonds is 12. The number of likely N-dealkylation sites (tertiary alicyclic amines) is 1. The summed E-state index contributed by atoms with van der Waals surface area (Å²) in [4.78, 5) is 59.6. The van der Waals surface area contributed by atoms with Gasteiger partial charge in [-0.1, -0.05) is 37.1 Å². The topological polar surface area (TPSA) is 156 Å². The number of carbonyl (C=O) groups excluding carboxylic acids is 3. The molecule has 0 radical (unpaired) electrons. The number of allylic oxidation sites excluding steroid dienone is 1. The molecule has 0 bridgehead atoms. The molecule has 0 unspecified atom stereocenters. The van der Waals surface area contributed by atoms with Gasteiger partial charge in [-0.25, -0.2) is 14.6 Å². The first-order chi connectivity index (χ1) is 23.7. The number of aromatic nitrogens is 1. The smallest absolute Gasteiger partial charge is 0.408 e. The molecule has 1 aromatic heterocycles. The van der Waals surface area contributed by atoms with Crippen molar-refractivity contribution in [3.63, 3.8) is 0 Å². The normalized spacial score (nSPS) is 28.2. The first kappa shape index (κ1) is 35.5. The highest BCUT2D eigenvalue weighted by Gasteiger charge is 2.61. The second-order valence-electron chi connectivity index (χ2n) is 14.5. The Bertz CT molecular complexity index is 1770. The van der Waals surface area contributed by atoms with E-state index in [1.54, 1.807) is 25.1 Å². The second-order valence-corrected chi connectivity index (χ2v) is 14.9. The Kier molecular flexibility index (Phi) is 9.78. The minimum absolute atomic E-state index is 0.0215. The Morgan fingerprint density at radius 2 is 1.84 bits per heavy atom. The van der Waals surface area contributed by atoms with Gasteiger partial charge in [-0.2, -0.15) is 0 Å². The summed E-state index contributed by atoms with van der Waals surface area (Å²) in [5, 5.41) is 16.4. The van der Waals surface area contributed by atoms with Crippen LogP contribution in [0.1, 0.15) is 71.9 Å². The molecule has 3 saturated carbocycles. The molecule has 6 rings (SSSR count). The summed E-state index contributed by atoms with van der Waals surface area (Å²) >= 11 is 6.68. The molecular formula is C37H45ClN4O8. The van der Waals surface area contributed by atoms with E-state index in [0.717, 1.165) is 18.4 Å². The van der Waals surface area contributed by atoms with Crippen LogP contribution in [0.3, 0.4) is 0 Å². The van der Waals surface area contributed by atoms with Gasteiger partial charge in [0.2, 0.25) is 11.8 Å². The van der Waals surface area contributed by atoms with Gasteiger partial charge in [0.1, 0.15) is 46.4 Å². The van der Waals surface area contributed by atoms with Gasteiger partial charge in [0.15, 0.2) is 0 Å². The zero-order valence-electron chi connectivity index (χ0n) is 29.1. The molecule has 1 saturated heterocycles. The molecule has 4 aliphatic rings. The Morgan fingerprint density at radius 3 is 2.44 bits per heavy atom. The van der Waals surface area contributed by atoms with Crippen molar-refractivity contribution in [1.29, 1.82) is 0 Å². The SMILES string of the molecule is C=C(C)[C@H](NC(=O)O[C@@H]1C[C@@H]2C[C@@H]2C1)C(=O)N1C[C@H](Oc2cc(C=C(C)C)nc3c(Cl)c(OC)ccc23)C[C@H]1C(=O)N[C@]1(C(=O)O)C[C@H]1CC. The molecule has 268 valence electrons. The first-order valence-electron chi connectivity index (χ1n) is 17.2. The lowest BCUT2D eigenvalue weighted by Gasteiger charge is -2.29. The number of ether oxygens (including phenoxy) is 3. The van der Waals surface area contributed by atoms with Gasteiger partial charge in [0.05, 0.1) is 24.9 Å². The van der Waals surface area contributed by atoms with Gasteiger partial charge in [0.25, 0.3) is 0 Å². The van der Waals surface area contributed by atoms with Crippen molar-refractivity contribution in [2.45, 2.75) is 96.1 Å². The molecule has 50 heavy (non-hydrogen) atoms. The van der Waals surface area contributed by atoms with E-state index in [1.807, 2.05) is 26.8 Å². The highest BCUT2D eigenvalue weighted by atomic mass is 35.5. The molecule has 2 heterocycles. The average molecular weight is 709 g/mol. The lowest BCUT2D eigenvalue weighted by atomic mass is 10.1. The molecule has 3 aliphatic carbocycles. The van der Waals surface area contributed by atoms with E-state index in [1.165, 1.54) is 18.4 Å². The lowest BCUT2D eigenvalue weighted by molar-refractivity contribution is -0.145. The number of carbonyl (C=O) groups is 4. The Labute approximate surface area is 296 Å². The number of carboxylic acids is 1. The molecule has 3 N–H and O–H groups in total. The maximum Gasteiger partial charge on any atom is 0.408 e. The van der Waals surface area contributed by atoms with E-state index in [0.29, 0.717) is 63.4 Å². The number of aliphatic carboxylic acids is 1. The second kappa shape index (κ2) is 13.8. The maximum absolute atomic E-state index is 14.3. The van der Waals surface area contributed by atoms with E-state index in [9.17, 15) is 24.3 Å². The number of halogens is 1. The third-order valence-electron chi connectivity index (χ3n) is 10.5. The monoisotopic (exact) mass is 708 g/mol. The Hall–Kier alpha value is -4.32. The summed E-state index contributed by atoms with van der Waals surface area (Å²) in [7, 11) is 1.52. The van der Waals surface area contributed by atoms with Crippen LogP contribution in [0.4, 0.5) is 4.79 Å². The third kappa shape index (κ3) is 6.99. The van der Waals surface area contributed by atoms with Crippen LogP contribution in [0, 0.1) is 17.8 Å². The molecule has 1 aromatic carbocycles. The summed E-state index contributed by atoms with van der Waals surface area (Å²) in [6.07, 6.45) is 4.03. The predicted molar refractivity (Wildman–Crippen MR) is 187 cm³/mol. The molecule has 8 atom stereocenters. The van der Waals surface area contributed by atoms with Crippen LogP contribution in [-0.2, 0) is 19.1 Å². The van der Waals surface area contributed by atoms with Crippen LogP contribution in [0.2, 0.25) is 5.02 Å². The summed E-state index contributed by atoms with van der Waals surface area (Å²) < 4.78 is 17.6. The van der Waals surface area contributed by atoms with Crippen LogP contribution in [0.5, 0.6) is 11.5 Å². The van der Waals surface area contributed by atoms with Crippen molar-refractivity contribution in [1.82, 2.24) is 20.5 Å². The third-order valence-corrected chi connectivity index (χ3v) is 10.8. The largest absolute Gasteiger partial charge is 0.495 e. The predicted octanol–water partition coefficient (Wildman–Crippen LogP) is 5.51. The lowest BCUT2D eigenvalue weighted by Crippen LogP contribution is -2.56. The van der Waals surface area contributed by atoms with Crippen molar-refractivity contribution in [3.05, 3.63) is 46.6 Å². The molecule has 0 spiro atoms. The zero-order chi connectivity index (χ0) is 36.1. The number of hydrogen-bond donors (Lipinski definition) is 3. The number of hydrogen-bond acceptors (Lipinski definition) is 8.